The van der Waals surface area contributed by atoms with Gasteiger partial charge in [0, 0.05) is 25.3 Å². The number of aryl methyl sites for hydroxylation is 1. The van der Waals surface area contributed by atoms with E-state index in [4.69, 9.17) is 10.5 Å². The number of ether oxygens (including phenoxy) is 1. The SMILES string of the molecule is CC(NC(=O)C1(N)CCOCC1)c1ccc2c(c1)CCC(=O)N2.Cl. The maximum Gasteiger partial charge on any atom is 0.240 e. The number of fused-ring (bicyclic) bond motifs is 1. The van der Waals surface area contributed by atoms with Gasteiger partial charge < -0.3 is 21.1 Å². The van der Waals surface area contributed by atoms with E-state index in [1.165, 1.54) is 0 Å². The average Bonchev–Trinajstić information content (AvgIpc) is 2.55. The van der Waals surface area contributed by atoms with Crippen LogP contribution in [0.2, 0.25) is 0 Å². The molecular formula is C17H24ClN3O3. The van der Waals surface area contributed by atoms with Crippen molar-refractivity contribution in [2.45, 2.75) is 44.2 Å². The highest BCUT2D eigenvalue weighted by Gasteiger charge is 2.36. The van der Waals surface area contributed by atoms with Gasteiger partial charge in [0.25, 0.3) is 0 Å². The van der Waals surface area contributed by atoms with Gasteiger partial charge in [-0.1, -0.05) is 12.1 Å². The van der Waals surface area contributed by atoms with Crippen LogP contribution >= 0.6 is 12.4 Å². The molecule has 1 fully saturated rings. The Hall–Kier alpha value is -1.63. The van der Waals surface area contributed by atoms with Gasteiger partial charge in [-0.05, 0) is 43.4 Å². The van der Waals surface area contributed by atoms with Crippen LogP contribution in [0.1, 0.15) is 43.4 Å². The van der Waals surface area contributed by atoms with Gasteiger partial charge in [-0.15, -0.1) is 12.4 Å². The summed E-state index contributed by atoms with van der Waals surface area (Å²) in [7, 11) is 0. The third kappa shape index (κ3) is 3.88. The van der Waals surface area contributed by atoms with Gasteiger partial charge >= 0.3 is 0 Å². The Morgan fingerprint density at radius 1 is 1.33 bits per heavy atom. The molecule has 2 aliphatic heterocycles. The summed E-state index contributed by atoms with van der Waals surface area (Å²) in [4.78, 5) is 23.9. The summed E-state index contributed by atoms with van der Waals surface area (Å²) in [5.41, 5.74) is 8.37. The highest BCUT2D eigenvalue weighted by molar-refractivity contribution is 5.94. The molecule has 0 spiro atoms. The van der Waals surface area contributed by atoms with Gasteiger partial charge in [0.1, 0.15) is 0 Å². The smallest absolute Gasteiger partial charge is 0.240 e. The zero-order valence-electron chi connectivity index (χ0n) is 13.8. The summed E-state index contributed by atoms with van der Waals surface area (Å²) in [6.07, 6.45) is 2.32. The second-order valence-corrected chi connectivity index (χ2v) is 6.43. The fourth-order valence-corrected chi connectivity index (χ4v) is 3.06. The molecule has 0 aliphatic carbocycles. The standard InChI is InChI=1S/C17H23N3O3.ClH/c1-11(19-16(22)17(18)6-8-23-9-7-17)12-2-4-14-13(10-12)3-5-15(21)20-14;/h2,4,10-11H,3,5-9,18H2,1H3,(H,19,22)(H,20,21);1H. The molecule has 1 aromatic carbocycles. The van der Waals surface area contributed by atoms with Crippen molar-refractivity contribution in [1.29, 1.82) is 0 Å². The molecule has 2 heterocycles. The van der Waals surface area contributed by atoms with Crippen molar-refractivity contribution >= 4 is 29.9 Å². The summed E-state index contributed by atoms with van der Waals surface area (Å²) < 4.78 is 5.28. The second-order valence-electron chi connectivity index (χ2n) is 6.43. The molecule has 3 rings (SSSR count). The molecule has 1 saturated heterocycles. The van der Waals surface area contributed by atoms with E-state index < -0.39 is 5.54 Å². The normalized spacial score (nSPS) is 20.2. The summed E-state index contributed by atoms with van der Waals surface area (Å²) in [5.74, 6) is -0.0736. The molecule has 0 aromatic heterocycles. The van der Waals surface area contributed by atoms with Crippen LogP contribution in [-0.4, -0.2) is 30.6 Å². The number of halogens is 1. The molecule has 24 heavy (non-hydrogen) atoms. The van der Waals surface area contributed by atoms with Crippen LogP contribution in [0, 0.1) is 0 Å². The Morgan fingerprint density at radius 3 is 2.75 bits per heavy atom. The van der Waals surface area contributed by atoms with Crippen LogP contribution in [-0.2, 0) is 20.7 Å². The molecule has 0 bridgehead atoms. The van der Waals surface area contributed by atoms with Crippen molar-refractivity contribution in [2.24, 2.45) is 5.73 Å². The summed E-state index contributed by atoms with van der Waals surface area (Å²) >= 11 is 0. The van der Waals surface area contributed by atoms with E-state index in [-0.39, 0.29) is 30.3 Å². The number of anilines is 1. The van der Waals surface area contributed by atoms with Crippen LogP contribution in [0.15, 0.2) is 18.2 Å². The van der Waals surface area contributed by atoms with Gasteiger partial charge in [-0.2, -0.15) is 0 Å². The van der Waals surface area contributed by atoms with E-state index in [2.05, 4.69) is 10.6 Å². The zero-order valence-corrected chi connectivity index (χ0v) is 14.6. The minimum atomic E-state index is -0.839. The number of carbonyl (C=O) groups is 2. The first-order chi connectivity index (χ1) is 11.0. The molecule has 132 valence electrons. The quantitative estimate of drug-likeness (QED) is 0.770. The molecule has 4 N–H and O–H groups in total. The van der Waals surface area contributed by atoms with Crippen LogP contribution in [0.5, 0.6) is 0 Å². The predicted molar refractivity (Wildman–Crippen MR) is 94.2 cm³/mol. The number of hydrogen-bond donors (Lipinski definition) is 3. The van der Waals surface area contributed by atoms with E-state index in [0.717, 1.165) is 23.2 Å². The number of carbonyl (C=O) groups excluding carboxylic acids is 2. The number of hydrogen-bond acceptors (Lipinski definition) is 4. The topological polar surface area (TPSA) is 93.5 Å². The lowest BCUT2D eigenvalue weighted by molar-refractivity contribution is -0.130. The number of nitrogens with one attached hydrogen (secondary N) is 2. The predicted octanol–water partition coefficient (Wildman–Crippen LogP) is 1.68. The largest absolute Gasteiger partial charge is 0.381 e. The van der Waals surface area contributed by atoms with Crippen molar-refractivity contribution in [3.63, 3.8) is 0 Å². The molecule has 1 aromatic rings. The van der Waals surface area contributed by atoms with E-state index in [9.17, 15) is 9.59 Å². The van der Waals surface area contributed by atoms with Gasteiger partial charge in [-0.25, -0.2) is 0 Å². The fraction of sp³-hybridized carbons (Fsp3) is 0.529. The third-order valence-corrected chi connectivity index (χ3v) is 4.71. The zero-order chi connectivity index (χ0) is 16.4. The molecule has 2 aliphatic rings. The van der Waals surface area contributed by atoms with Crippen LogP contribution in [0.3, 0.4) is 0 Å². The van der Waals surface area contributed by atoms with Gasteiger partial charge in [0.2, 0.25) is 11.8 Å². The Bertz CT molecular complexity index is 630. The van der Waals surface area contributed by atoms with Crippen molar-refractivity contribution in [3.8, 4) is 0 Å². The first kappa shape index (κ1) is 18.7. The first-order valence-corrected chi connectivity index (χ1v) is 8.08. The van der Waals surface area contributed by atoms with Crippen molar-refractivity contribution in [3.05, 3.63) is 29.3 Å². The molecule has 0 radical (unpaired) electrons. The Morgan fingerprint density at radius 2 is 2.04 bits per heavy atom. The van der Waals surface area contributed by atoms with Crippen molar-refractivity contribution in [2.75, 3.05) is 18.5 Å². The second kappa shape index (κ2) is 7.51. The molecule has 0 saturated carbocycles. The highest BCUT2D eigenvalue weighted by Crippen LogP contribution is 2.27. The molecule has 6 nitrogen and oxygen atoms in total. The molecular weight excluding hydrogens is 330 g/mol. The molecule has 7 heteroatoms. The number of nitrogens with two attached hydrogens (primary N) is 1. The number of rotatable bonds is 3. The molecule has 1 unspecified atom stereocenters. The van der Waals surface area contributed by atoms with E-state index >= 15 is 0 Å². The summed E-state index contributed by atoms with van der Waals surface area (Å²) in [5, 5.41) is 5.88. The number of amides is 2. The van der Waals surface area contributed by atoms with Crippen molar-refractivity contribution in [1.82, 2.24) is 5.32 Å². The van der Waals surface area contributed by atoms with Gasteiger partial charge in [0.15, 0.2) is 0 Å². The number of benzene rings is 1. The first-order valence-electron chi connectivity index (χ1n) is 8.08. The minimum absolute atomic E-state index is 0. The molecule has 2 amide bonds. The lowest BCUT2D eigenvalue weighted by Gasteiger charge is -2.33. The van der Waals surface area contributed by atoms with Crippen molar-refractivity contribution < 1.29 is 14.3 Å². The Kier molecular flexibility index (Phi) is 5.85. The maximum absolute atomic E-state index is 12.5. The highest BCUT2D eigenvalue weighted by atomic mass is 35.5. The Balaban J connectivity index is 0.00000208. The van der Waals surface area contributed by atoms with Gasteiger partial charge in [0.05, 0.1) is 11.6 Å². The van der Waals surface area contributed by atoms with Gasteiger partial charge in [-0.3, -0.25) is 9.59 Å². The fourth-order valence-electron chi connectivity index (χ4n) is 3.06. The monoisotopic (exact) mass is 353 g/mol. The summed E-state index contributed by atoms with van der Waals surface area (Å²) in [6.45, 7) is 3.00. The van der Waals surface area contributed by atoms with Crippen LogP contribution in [0.4, 0.5) is 5.69 Å². The van der Waals surface area contributed by atoms with Crippen LogP contribution in [0.25, 0.3) is 0 Å². The average molecular weight is 354 g/mol. The van der Waals surface area contributed by atoms with E-state index in [1.54, 1.807) is 0 Å². The van der Waals surface area contributed by atoms with Crippen LogP contribution < -0.4 is 16.4 Å². The van der Waals surface area contributed by atoms with E-state index in [0.29, 0.717) is 32.5 Å². The minimum Gasteiger partial charge on any atom is -0.381 e. The molecule has 1 atom stereocenters. The summed E-state index contributed by atoms with van der Waals surface area (Å²) in [6, 6.07) is 5.75. The Labute approximate surface area is 147 Å². The maximum atomic E-state index is 12.5. The third-order valence-electron chi connectivity index (χ3n) is 4.71. The lowest BCUT2D eigenvalue weighted by atomic mass is 9.89. The lowest BCUT2D eigenvalue weighted by Crippen LogP contribution is -2.57. The van der Waals surface area contributed by atoms with E-state index in [1.807, 2.05) is 25.1 Å².